The van der Waals surface area contributed by atoms with Crippen LogP contribution in [0, 0.1) is 11.3 Å². The van der Waals surface area contributed by atoms with Gasteiger partial charge in [-0.2, -0.15) is 5.26 Å². The third kappa shape index (κ3) is 4.05. The quantitative estimate of drug-likeness (QED) is 0.631. The van der Waals surface area contributed by atoms with E-state index in [-0.39, 0.29) is 5.91 Å². The Morgan fingerprint density at radius 3 is 3.11 bits per heavy atom. The van der Waals surface area contributed by atoms with Crippen LogP contribution in [0.1, 0.15) is 28.8 Å². The Labute approximate surface area is 160 Å². The first kappa shape index (κ1) is 17.4. The molecule has 0 radical (unpaired) electrons. The molecule has 1 aromatic carbocycles. The van der Waals surface area contributed by atoms with Crippen LogP contribution in [0.15, 0.2) is 36.5 Å². The molecule has 7 nitrogen and oxygen atoms in total. The zero-order valence-corrected chi connectivity index (χ0v) is 15.3. The molecule has 27 heavy (non-hydrogen) atoms. The van der Waals surface area contributed by atoms with Gasteiger partial charge in [-0.05, 0) is 49.7 Å². The first-order chi connectivity index (χ1) is 13.2. The third-order valence-electron chi connectivity index (χ3n) is 4.45. The molecule has 3 heterocycles. The molecule has 2 aromatic heterocycles. The molecule has 1 aliphatic heterocycles. The van der Waals surface area contributed by atoms with Crippen molar-refractivity contribution in [2.24, 2.45) is 0 Å². The third-order valence-corrected chi connectivity index (χ3v) is 5.38. The fourth-order valence-electron chi connectivity index (χ4n) is 3.05. The first-order valence-corrected chi connectivity index (χ1v) is 9.58. The molecule has 0 spiro atoms. The number of rotatable bonds is 5. The highest BCUT2D eigenvalue weighted by Crippen LogP contribution is 2.28. The molecule has 3 N–H and O–H groups in total. The average Bonchev–Trinajstić information content (AvgIpc) is 3.34. The summed E-state index contributed by atoms with van der Waals surface area (Å²) in [6.07, 6.45) is 3.85. The Kier molecular flexibility index (Phi) is 4.96. The molecule has 8 heteroatoms. The largest absolute Gasteiger partial charge is 0.350 e. The second-order valence-electron chi connectivity index (χ2n) is 6.37. The van der Waals surface area contributed by atoms with Crippen molar-refractivity contribution in [2.75, 3.05) is 18.4 Å². The van der Waals surface area contributed by atoms with Gasteiger partial charge in [0, 0.05) is 24.3 Å². The van der Waals surface area contributed by atoms with Gasteiger partial charge in [-0.3, -0.25) is 4.79 Å². The summed E-state index contributed by atoms with van der Waals surface area (Å²) in [6.45, 7) is 1.64. The Balaban J connectivity index is 1.45. The van der Waals surface area contributed by atoms with Crippen LogP contribution in [-0.4, -0.2) is 35.0 Å². The lowest BCUT2D eigenvalue weighted by atomic mass is 10.2. The van der Waals surface area contributed by atoms with Crippen LogP contribution in [-0.2, 0) is 0 Å². The van der Waals surface area contributed by atoms with Crippen molar-refractivity contribution in [1.82, 2.24) is 20.6 Å². The molecule has 0 aliphatic carbocycles. The van der Waals surface area contributed by atoms with Gasteiger partial charge in [-0.25, -0.2) is 9.97 Å². The van der Waals surface area contributed by atoms with Crippen molar-refractivity contribution < 1.29 is 4.79 Å². The lowest BCUT2D eigenvalue weighted by Gasteiger charge is -2.11. The van der Waals surface area contributed by atoms with E-state index in [0.717, 1.165) is 29.6 Å². The molecule has 0 saturated carbocycles. The Morgan fingerprint density at radius 1 is 1.37 bits per heavy atom. The van der Waals surface area contributed by atoms with E-state index in [1.54, 1.807) is 24.4 Å². The molecule has 1 unspecified atom stereocenters. The molecule has 0 bridgehead atoms. The molecule has 1 fully saturated rings. The molecule has 3 aromatic rings. The molecule has 1 saturated heterocycles. The summed E-state index contributed by atoms with van der Waals surface area (Å²) in [6, 6.07) is 11.3. The van der Waals surface area contributed by atoms with Gasteiger partial charge in [0.05, 0.1) is 21.8 Å². The molecule has 1 aliphatic rings. The summed E-state index contributed by atoms with van der Waals surface area (Å²) in [5.74, 6) is 0.443. The van der Waals surface area contributed by atoms with Crippen molar-refractivity contribution in [3.8, 4) is 6.07 Å². The maximum Gasteiger partial charge on any atom is 0.251 e. The maximum atomic E-state index is 12.4. The standard InChI is InChI=1S/C19H18N6OS/c20-10-12-3-4-15-16(8-12)27-19(24-15)25-17-9-13(5-7-22-17)18(26)23-11-14-2-1-6-21-14/h3-5,7-9,14,21H,1-2,6,11H2,(H,23,26)(H,22,24,25). The van der Waals surface area contributed by atoms with Crippen molar-refractivity contribution in [3.63, 3.8) is 0 Å². The molecule has 4 rings (SSSR count). The summed E-state index contributed by atoms with van der Waals surface area (Å²) in [7, 11) is 0. The average molecular weight is 378 g/mol. The SMILES string of the molecule is N#Cc1ccc2nc(Nc3cc(C(=O)NCC4CCCN4)ccn3)sc2c1. The number of amides is 1. The number of anilines is 2. The summed E-state index contributed by atoms with van der Waals surface area (Å²) in [4.78, 5) is 21.1. The summed E-state index contributed by atoms with van der Waals surface area (Å²) in [5.41, 5.74) is 1.98. The highest BCUT2D eigenvalue weighted by Gasteiger charge is 2.15. The number of hydrogen-bond acceptors (Lipinski definition) is 7. The van der Waals surface area contributed by atoms with E-state index in [1.807, 2.05) is 12.1 Å². The number of fused-ring (bicyclic) bond motifs is 1. The number of nitrogens with zero attached hydrogens (tertiary/aromatic N) is 3. The second-order valence-corrected chi connectivity index (χ2v) is 7.40. The topological polar surface area (TPSA) is 103 Å². The van der Waals surface area contributed by atoms with Crippen LogP contribution in [0.25, 0.3) is 10.2 Å². The van der Waals surface area contributed by atoms with Gasteiger partial charge in [-0.1, -0.05) is 11.3 Å². The van der Waals surface area contributed by atoms with Crippen molar-refractivity contribution in [1.29, 1.82) is 5.26 Å². The van der Waals surface area contributed by atoms with Crippen LogP contribution in [0.2, 0.25) is 0 Å². The number of carbonyl (C=O) groups is 1. The maximum absolute atomic E-state index is 12.4. The van der Waals surface area contributed by atoms with E-state index in [9.17, 15) is 4.79 Å². The van der Waals surface area contributed by atoms with Crippen LogP contribution in [0.3, 0.4) is 0 Å². The highest BCUT2D eigenvalue weighted by molar-refractivity contribution is 7.22. The minimum Gasteiger partial charge on any atom is -0.350 e. The van der Waals surface area contributed by atoms with Gasteiger partial charge in [0.1, 0.15) is 5.82 Å². The van der Waals surface area contributed by atoms with Crippen LogP contribution >= 0.6 is 11.3 Å². The molecular formula is C19H18N6OS. The van der Waals surface area contributed by atoms with Gasteiger partial charge in [0.15, 0.2) is 5.13 Å². The van der Waals surface area contributed by atoms with Gasteiger partial charge >= 0.3 is 0 Å². The van der Waals surface area contributed by atoms with Crippen LogP contribution in [0.5, 0.6) is 0 Å². The van der Waals surface area contributed by atoms with E-state index < -0.39 is 0 Å². The minimum atomic E-state index is -0.114. The minimum absolute atomic E-state index is 0.114. The molecular weight excluding hydrogens is 360 g/mol. The molecule has 136 valence electrons. The number of hydrogen-bond donors (Lipinski definition) is 3. The Hall–Kier alpha value is -3.02. The number of pyridine rings is 1. The van der Waals surface area contributed by atoms with Crippen LogP contribution < -0.4 is 16.0 Å². The predicted molar refractivity (Wildman–Crippen MR) is 105 cm³/mol. The van der Waals surface area contributed by atoms with Crippen molar-refractivity contribution in [3.05, 3.63) is 47.7 Å². The van der Waals surface area contributed by atoms with Gasteiger partial charge in [-0.15, -0.1) is 0 Å². The predicted octanol–water partition coefficient (Wildman–Crippen LogP) is 2.79. The lowest BCUT2D eigenvalue weighted by Crippen LogP contribution is -2.37. The van der Waals surface area contributed by atoms with E-state index in [1.165, 1.54) is 11.3 Å². The normalized spacial score (nSPS) is 16.2. The molecule has 1 atom stereocenters. The fraction of sp³-hybridized carbons (Fsp3) is 0.263. The zero-order valence-electron chi connectivity index (χ0n) is 14.5. The fourth-order valence-corrected chi connectivity index (χ4v) is 3.96. The Bertz CT molecular complexity index is 1020. The lowest BCUT2D eigenvalue weighted by molar-refractivity contribution is 0.0950. The number of benzene rings is 1. The monoisotopic (exact) mass is 378 g/mol. The van der Waals surface area contributed by atoms with Gasteiger partial charge < -0.3 is 16.0 Å². The van der Waals surface area contributed by atoms with Gasteiger partial charge in [0.25, 0.3) is 5.91 Å². The first-order valence-electron chi connectivity index (χ1n) is 8.76. The zero-order chi connectivity index (χ0) is 18.6. The summed E-state index contributed by atoms with van der Waals surface area (Å²) in [5, 5.41) is 19.1. The second kappa shape index (κ2) is 7.70. The van der Waals surface area contributed by atoms with Crippen molar-refractivity contribution >= 4 is 38.4 Å². The van der Waals surface area contributed by atoms with E-state index >= 15 is 0 Å². The number of carbonyl (C=O) groups excluding carboxylic acids is 1. The molecule has 1 amide bonds. The number of nitriles is 1. The van der Waals surface area contributed by atoms with E-state index in [4.69, 9.17) is 5.26 Å². The van der Waals surface area contributed by atoms with E-state index in [0.29, 0.717) is 34.7 Å². The number of thiazole rings is 1. The van der Waals surface area contributed by atoms with Crippen molar-refractivity contribution in [2.45, 2.75) is 18.9 Å². The van der Waals surface area contributed by atoms with E-state index in [2.05, 4.69) is 32.0 Å². The highest BCUT2D eigenvalue weighted by atomic mass is 32.1. The Morgan fingerprint density at radius 2 is 2.30 bits per heavy atom. The smallest absolute Gasteiger partial charge is 0.251 e. The summed E-state index contributed by atoms with van der Waals surface area (Å²) < 4.78 is 0.925. The summed E-state index contributed by atoms with van der Waals surface area (Å²) >= 11 is 1.44. The number of nitrogens with one attached hydrogen (secondary N) is 3. The number of aromatic nitrogens is 2. The van der Waals surface area contributed by atoms with Gasteiger partial charge in [0.2, 0.25) is 0 Å². The van der Waals surface area contributed by atoms with Crippen LogP contribution in [0.4, 0.5) is 10.9 Å².